The maximum atomic E-state index is 9.62. The molecule has 4 heteroatoms. The van der Waals surface area contributed by atoms with Crippen LogP contribution in [0, 0.1) is 0 Å². The number of hydrogen-bond acceptors (Lipinski definition) is 3. The van der Waals surface area contributed by atoms with Gasteiger partial charge in [0.25, 0.3) is 0 Å². The first kappa shape index (κ1) is 21.6. The van der Waals surface area contributed by atoms with Gasteiger partial charge in [-0.1, -0.05) is 48.6 Å². The first-order chi connectivity index (χ1) is 13.7. The maximum Gasteiger partial charge on any atom is 0.0711 e. The molecule has 0 spiro atoms. The molecule has 0 unspecified atom stereocenters. The number of pyridine rings is 1. The zero-order chi connectivity index (χ0) is 19.5. The van der Waals surface area contributed by atoms with Crippen molar-refractivity contribution in [2.45, 2.75) is 13.0 Å². The van der Waals surface area contributed by atoms with E-state index in [4.69, 9.17) is 0 Å². The summed E-state index contributed by atoms with van der Waals surface area (Å²) < 4.78 is 0. The van der Waals surface area contributed by atoms with Crippen molar-refractivity contribution >= 4 is 16.8 Å². The minimum Gasteiger partial charge on any atom is -0.392 e. The largest absolute Gasteiger partial charge is 0.392 e. The maximum absolute atomic E-state index is 9.62. The standard InChI is InChI=1S/C25H24N2O.Y/c1-27(2)23-11-9-18(10-12-23)19-7-8-20(15-19)21-13-14-26-25(16-21)24-6-4-3-5-22(24)17-28;/h3-14,16,28H,15,17H2,1-2H3;. The average Bonchev–Trinajstić information content (AvgIpc) is 3.24. The number of allylic oxidation sites excluding steroid dienone is 4. The third kappa shape index (κ3) is 4.75. The summed E-state index contributed by atoms with van der Waals surface area (Å²) >= 11 is 0. The van der Waals surface area contributed by atoms with Crippen LogP contribution in [0.15, 0.2) is 79.0 Å². The van der Waals surface area contributed by atoms with Crippen LogP contribution in [0.1, 0.15) is 23.1 Å². The number of aliphatic hydroxyl groups is 1. The van der Waals surface area contributed by atoms with Gasteiger partial charge in [0, 0.05) is 64.3 Å². The van der Waals surface area contributed by atoms with E-state index in [9.17, 15) is 5.11 Å². The van der Waals surface area contributed by atoms with E-state index in [1.54, 1.807) is 0 Å². The number of aromatic nitrogens is 1. The van der Waals surface area contributed by atoms with Crippen LogP contribution in [-0.2, 0) is 39.3 Å². The molecule has 1 heterocycles. The van der Waals surface area contributed by atoms with Gasteiger partial charge in [0.15, 0.2) is 0 Å². The summed E-state index contributed by atoms with van der Waals surface area (Å²) in [6, 6.07) is 20.7. The van der Waals surface area contributed by atoms with Crippen molar-refractivity contribution in [2.24, 2.45) is 0 Å². The molecule has 0 atom stereocenters. The molecule has 0 saturated heterocycles. The molecule has 0 fully saturated rings. The van der Waals surface area contributed by atoms with E-state index in [0.29, 0.717) is 0 Å². The third-order valence-corrected chi connectivity index (χ3v) is 5.22. The summed E-state index contributed by atoms with van der Waals surface area (Å²) in [4.78, 5) is 6.64. The molecule has 0 bridgehead atoms. The fourth-order valence-corrected chi connectivity index (χ4v) is 3.58. The predicted molar refractivity (Wildman–Crippen MR) is 117 cm³/mol. The summed E-state index contributed by atoms with van der Waals surface area (Å²) in [6.07, 6.45) is 7.17. The topological polar surface area (TPSA) is 36.4 Å². The second-order valence-corrected chi connectivity index (χ2v) is 7.25. The molecule has 143 valence electrons. The van der Waals surface area contributed by atoms with Crippen molar-refractivity contribution < 1.29 is 37.8 Å². The number of anilines is 1. The van der Waals surface area contributed by atoms with Crippen LogP contribution in [-0.4, -0.2) is 24.2 Å². The van der Waals surface area contributed by atoms with Crippen molar-refractivity contribution in [1.82, 2.24) is 4.98 Å². The van der Waals surface area contributed by atoms with Crippen molar-refractivity contribution in [3.05, 3.63) is 95.7 Å². The molecular formula is C25H24N2OY. The quantitative estimate of drug-likeness (QED) is 0.574. The molecule has 2 aromatic carbocycles. The van der Waals surface area contributed by atoms with Crippen LogP contribution in [0.2, 0.25) is 0 Å². The summed E-state index contributed by atoms with van der Waals surface area (Å²) in [5.41, 5.74) is 9.03. The Morgan fingerprint density at radius 1 is 0.897 bits per heavy atom. The van der Waals surface area contributed by atoms with E-state index in [-0.39, 0.29) is 39.3 Å². The van der Waals surface area contributed by atoms with Gasteiger partial charge in [0.05, 0.1) is 12.3 Å². The Balaban J connectivity index is 0.00000240. The first-order valence-corrected chi connectivity index (χ1v) is 9.49. The number of benzene rings is 2. The summed E-state index contributed by atoms with van der Waals surface area (Å²) in [6.45, 7) is 0.0133. The Bertz CT molecular complexity index is 1050. The molecule has 29 heavy (non-hydrogen) atoms. The van der Waals surface area contributed by atoms with Gasteiger partial charge in [-0.05, 0) is 58.5 Å². The molecule has 1 radical (unpaired) electrons. The fourth-order valence-electron chi connectivity index (χ4n) is 3.58. The molecule has 1 aromatic heterocycles. The number of nitrogens with zero attached hydrogens (tertiary/aromatic N) is 2. The molecule has 0 saturated carbocycles. The monoisotopic (exact) mass is 457 g/mol. The minimum absolute atomic E-state index is 0. The van der Waals surface area contributed by atoms with Gasteiger partial charge in [-0.15, -0.1) is 0 Å². The molecule has 1 aliphatic carbocycles. The molecule has 1 aliphatic rings. The van der Waals surface area contributed by atoms with Crippen molar-refractivity contribution in [1.29, 1.82) is 0 Å². The van der Waals surface area contributed by atoms with Crippen molar-refractivity contribution in [3.63, 3.8) is 0 Å². The van der Waals surface area contributed by atoms with Crippen LogP contribution in [0.25, 0.3) is 22.4 Å². The Labute approximate surface area is 197 Å². The van der Waals surface area contributed by atoms with Crippen LogP contribution in [0.3, 0.4) is 0 Å². The Kier molecular flexibility index (Phi) is 7.18. The van der Waals surface area contributed by atoms with Gasteiger partial charge < -0.3 is 10.0 Å². The van der Waals surface area contributed by atoms with E-state index >= 15 is 0 Å². The van der Waals surface area contributed by atoms with Crippen LogP contribution < -0.4 is 4.90 Å². The molecule has 1 N–H and O–H groups in total. The summed E-state index contributed by atoms with van der Waals surface area (Å²) in [5.74, 6) is 0. The van der Waals surface area contributed by atoms with Gasteiger partial charge in [-0.2, -0.15) is 0 Å². The van der Waals surface area contributed by atoms with E-state index in [2.05, 4.69) is 72.5 Å². The van der Waals surface area contributed by atoms with Crippen LogP contribution in [0.5, 0.6) is 0 Å². The molecular weight excluding hydrogens is 433 g/mol. The summed E-state index contributed by atoms with van der Waals surface area (Å²) in [7, 11) is 4.11. The fraction of sp³-hybridized carbons (Fsp3) is 0.160. The number of rotatable bonds is 5. The average molecular weight is 457 g/mol. The summed E-state index contributed by atoms with van der Waals surface area (Å²) in [5, 5.41) is 9.62. The molecule has 3 nitrogen and oxygen atoms in total. The predicted octanol–water partition coefficient (Wildman–Crippen LogP) is 5.18. The van der Waals surface area contributed by atoms with Gasteiger partial charge in [0.1, 0.15) is 0 Å². The molecule has 0 amide bonds. The van der Waals surface area contributed by atoms with Gasteiger partial charge in [0.2, 0.25) is 0 Å². The zero-order valence-corrected chi connectivity index (χ0v) is 19.7. The smallest absolute Gasteiger partial charge is 0.0711 e. The van der Waals surface area contributed by atoms with E-state index in [1.807, 2.05) is 30.5 Å². The Morgan fingerprint density at radius 2 is 1.59 bits per heavy atom. The van der Waals surface area contributed by atoms with Crippen molar-refractivity contribution in [3.8, 4) is 11.3 Å². The second-order valence-electron chi connectivity index (χ2n) is 7.25. The van der Waals surface area contributed by atoms with Gasteiger partial charge >= 0.3 is 0 Å². The van der Waals surface area contributed by atoms with E-state index in [0.717, 1.165) is 23.2 Å². The van der Waals surface area contributed by atoms with E-state index in [1.165, 1.54) is 28.0 Å². The van der Waals surface area contributed by atoms with Gasteiger partial charge in [-0.25, -0.2) is 0 Å². The van der Waals surface area contributed by atoms with Crippen LogP contribution in [0.4, 0.5) is 5.69 Å². The third-order valence-electron chi connectivity index (χ3n) is 5.22. The normalized spacial score (nSPS) is 12.8. The Morgan fingerprint density at radius 3 is 2.28 bits per heavy atom. The second kappa shape index (κ2) is 9.62. The van der Waals surface area contributed by atoms with Gasteiger partial charge in [-0.3, -0.25) is 4.98 Å². The zero-order valence-electron chi connectivity index (χ0n) is 16.8. The first-order valence-electron chi connectivity index (χ1n) is 9.49. The molecule has 0 aliphatic heterocycles. The van der Waals surface area contributed by atoms with Crippen molar-refractivity contribution in [2.75, 3.05) is 19.0 Å². The minimum atomic E-state index is 0. The number of aliphatic hydroxyl groups excluding tert-OH is 1. The molecule has 4 rings (SSSR count). The molecule has 3 aromatic rings. The SMILES string of the molecule is CN(C)c1ccc(C2=CC=C(c3ccnc(-c4ccccc4CO)c3)C2)cc1.[Y]. The number of hydrogen-bond donors (Lipinski definition) is 1. The van der Waals surface area contributed by atoms with E-state index < -0.39 is 0 Å². The Hall–Kier alpha value is -2.07. The van der Waals surface area contributed by atoms with Crippen LogP contribution >= 0.6 is 0 Å².